The number of nitrogens with one attached hydrogen (secondary N) is 1. The number of amides is 1. The summed E-state index contributed by atoms with van der Waals surface area (Å²) in [5.74, 6) is -1.90. The summed E-state index contributed by atoms with van der Waals surface area (Å²) in [5.41, 5.74) is 15.1. The van der Waals surface area contributed by atoms with Gasteiger partial charge in [-0.3, -0.25) is 4.79 Å². The Hall–Kier alpha value is -3.21. The first kappa shape index (κ1) is 27.0. The summed E-state index contributed by atoms with van der Waals surface area (Å²) in [6.45, 7) is 3.41. The minimum Gasteiger partial charge on any atom is -0.400 e. The summed E-state index contributed by atoms with van der Waals surface area (Å²) in [7, 11) is 0. The summed E-state index contributed by atoms with van der Waals surface area (Å²) in [6.07, 6.45) is 10.1. The summed E-state index contributed by atoms with van der Waals surface area (Å²) in [4.78, 5) is 9.22. The van der Waals surface area contributed by atoms with Crippen LogP contribution in [0.5, 0.6) is 0 Å². The molecule has 34 heavy (non-hydrogen) atoms. The molecule has 0 aromatic heterocycles. The predicted octanol–water partition coefficient (Wildman–Crippen LogP) is 5.79. The summed E-state index contributed by atoms with van der Waals surface area (Å²) < 4.78 is 52.6. The maximum absolute atomic E-state index is 13.2. The van der Waals surface area contributed by atoms with Gasteiger partial charge in [-0.1, -0.05) is 24.1 Å². The van der Waals surface area contributed by atoms with Gasteiger partial charge in [-0.25, -0.2) is 4.39 Å². The van der Waals surface area contributed by atoms with Gasteiger partial charge in [0, 0.05) is 30.1 Å². The molecular weight excluding hydrogens is 446 g/mol. The Bertz CT molecular complexity index is 1000. The summed E-state index contributed by atoms with van der Waals surface area (Å²) in [5, 5.41) is 3.25. The topological polar surface area (TPSA) is 81.1 Å². The number of benzene rings is 1. The molecule has 3 atom stereocenters. The number of primary amides is 1. The Kier molecular flexibility index (Phi) is 8.60. The van der Waals surface area contributed by atoms with Crippen LogP contribution in [0.4, 0.5) is 23.2 Å². The third-order valence-corrected chi connectivity index (χ3v) is 6.53. The van der Waals surface area contributed by atoms with Gasteiger partial charge in [0.05, 0.1) is 11.6 Å². The van der Waals surface area contributed by atoms with E-state index in [-0.39, 0.29) is 35.9 Å². The predicted molar refractivity (Wildman–Crippen MR) is 126 cm³/mol. The van der Waals surface area contributed by atoms with Crippen LogP contribution >= 0.6 is 0 Å². The van der Waals surface area contributed by atoms with Gasteiger partial charge in [0.1, 0.15) is 5.82 Å². The van der Waals surface area contributed by atoms with E-state index < -0.39 is 12.1 Å². The second-order valence-electron chi connectivity index (χ2n) is 8.96. The molecule has 0 heterocycles. The molecule has 1 aromatic rings. The van der Waals surface area contributed by atoms with Crippen LogP contribution in [0.15, 0.2) is 59.0 Å². The van der Waals surface area contributed by atoms with E-state index in [1.807, 2.05) is 12.2 Å². The van der Waals surface area contributed by atoms with Crippen molar-refractivity contribution in [2.75, 3.05) is 5.32 Å². The van der Waals surface area contributed by atoms with E-state index in [0.29, 0.717) is 12.1 Å². The van der Waals surface area contributed by atoms with Crippen molar-refractivity contribution in [3.63, 3.8) is 0 Å². The second kappa shape index (κ2) is 10.8. The number of fused-ring (bicyclic) bond motifs is 3. The molecular formula is C26H31F4N3O. The first-order valence-electron chi connectivity index (χ1n) is 11.0. The van der Waals surface area contributed by atoms with Gasteiger partial charge in [-0.05, 0) is 61.9 Å². The number of hydrogen-bond acceptors (Lipinski definition) is 3. The third-order valence-electron chi connectivity index (χ3n) is 6.53. The first-order chi connectivity index (χ1) is 15.9. The molecule has 0 bridgehead atoms. The summed E-state index contributed by atoms with van der Waals surface area (Å²) in [6, 6.07) is 6.07. The standard InChI is InChI=1S/C22H24F4N2.C2H5NO.C2H2/c1-21-12-19(27)20(28-17-7-5-16(23)6-8-17)11-14(21)3-2-13-10-15(22(24,25)26)4-9-18(13)21;1-2(3)4;1-2/h5-9,11,13,15,28H,2-4,10,12,27H2,1H3;1H3,(H2,3,4);1-2H/t13?,15-,21+;;/m1../s1. The van der Waals surface area contributed by atoms with E-state index in [0.717, 1.165) is 29.8 Å². The van der Waals surface area contributed by atoms with E-state index in [2.05, 4.69) is 30.8 Å². The number of rotatable bonds is 2. The van der Waals surface area contributed by atoms with Gasteiger partial charge in [0.2, 0.25) is 5.91 Å². The van der Waals surface area contributed by atoms with E-state index >= 15 is 0 Å². The highest BCUT2D eigenvalue weighted by Crippen LogP contribution is 2.57. The molecule has 5 N–H and O–H groups in total. The highest BCUT2D eigenvalue weighted by Gasteiger charge is 2.49. The number of allylic oxidation sites excluding steroid dienone is 5. The normalized spacial score (nSPS) is 25.6. The van der Waals surface area contributed by atoms with Crippen molar-refractivity contribution in [1.82, 2.24) is 0 Å². The molecule has 0 spiro atoms. The maximum Gasteiger partial charge on any atom is 0.392 e. The minimum absolute atomic E-state index is 0.0260. The Balaban J connectivity index is 0.000000618. The van der Waals surface area contributed by atoms with Crippen LogP contribution < -0.4 is 16.8 Å². The molecule has 1 amide bonds. The second-order valence-corrected chi connectivity index (χ2v) is 8.96. The van der Waals surface area contributed by atoms with Crippen molar-refractivity contribution in [2.24, 2.45) is 28.7 Å². The van der Waals surface area contributed by atoms with Crippen molar-refractivity contribution in [3.05, 3.63) is 64.8 Å². The van der Waals surface area contributed by atoms with Crippen molar-refractivity contribution in [1.29, 1.82) is 0 Å². The number of alkyl halides is 3. The third kappa shape index (κ3) is 6.22. The highest BCUT2D eigenvalue weighted by atomic mass is 19.4. The number of halogens is 4. The zero-order valence-electron chi connectivity index (χ0n) is 19.4. The van der Waals surface area contributed by atoms with Crippen LogP contribution in [0, 0.1) is 35.9 Å². The van der Waals surface area contributed by atoms with Crippen molar-refractivity contribution in [2.45, 2.75) is 52.1 Å². The smallest absolute Gasteiger partial charge is 0.392 e. The van der Waals surface area contributed by atoms with Crippen LogP contribution in [-0.4, -0.2) is 12.1 Å². The van der Waals surface area contributed by atoms with Crippen LogP contribution in [0.1, 0.15) is 46.0 Å². The molecule has 0 saturated heterocycles. The lowest BCUT2D eigenvalue weighted by molar-refractivity contribution is -0.179. The highest BCUT2D eigenvalue weighted by molar-refractivity contribution is 5.70. The van der Waals surface area contributed by atoms with Crippen LogP contribution in [0.25, 0.3) is 0 Å². The Labute approximate surface area is 198 Å². The fourth-order valence-electron chi connectivity index (χ4n) is 5.01. The zero-order valence-corrected chi connectivity index (χ0v) is 19.4. The molecule has 4 rings (SSSR count). The van der Waals surface area contributed by atoms with E-state index in [1.54, 1.807) is 12.1 Å². The summed E-state index contributed by atoms with van der Waals surface area (Å²) >= 11 is 0. The lowest BCUT2D eigenvalue weighted by Crippen LogP contribution is -2.40. The lowest BCUT2D eigenvalue weighted by atomic mass is 9.57. The number of carbonyl (C=O) groups excluding carboxylic acids is 1. The van der Waals surface area contributed by atoms with E-state index in [9.17, 15) is 22.4 Å². The Morgan fingerprint density at radius 1 is 1.21 bits per heavy atom. The SMILES string of the molecule is C#C.CC(N)=O.C[C@]12CC(N)=C(Nc3ccc(F)cc3)C=C1CCC1C[C@H](C(F)(F)F)CC=C12. The molecule has 8 heteroatoms. The molecule has 4 nitrogen and oxygen atoms in total. The van der Waals surface area contributed by atoms with Gasteiger partial charge in [0.25, 0.3) is 0 Å². The van der Waals surface area contributed by atoms with E-state index in [4.69, 9.17) is 5.73 Å². The average molecular weight is 478 g/mol. The Morgan fingerprint density at radius 2 is 1.79 bits per heavy atom. The van der Waals surface area contributed by atoms with Gasteiger partial charge in [0.15, 0.2) is 0 Å². The molecule has 1 aromatic carbocycles. The molecule has 184 valence electrons. The molecule has 1 saturated carbocycles. The van der Waals surface area contributed by atoms with Crippen LogP contribution in [-0.2, 0) is 4.79 Å². The van der Waals surface area contributed by atoms with E-state index in [1.165, 1.54) is 24.6 Å². The quantitative estimate of drug-likeness (QED) is 0.286. The first-order valence-corrected chi connectivity index (χ1v) is 11.0. The fourth-order valence-corrected chi connectivity index (χ4v) is 5.01. The molecule has 1 unspecified atom stereocenters. The maximum atomic E-state index is 13.2. The molecule has 0 radical (unpaired) electrons. The minimum atomic E-state index is -4.13. The zero-order chi connectivity index (χ0) is 25.7. The number of carbonyl (C=O) groups is 1. The van der Waals surface area contributed by atoms with Crippen LogP contribution in [0.2, 0.25) is 0 Å². The van der Waals surface area contributed by atoms with Crippen LogP contribution in [0.3, 0.4) is 0 Å². The molecule has 0 aliphatic heterocycles. The number of hydrogen-bond donors (Lipinski definition) is 3. The van der Waals surface area contributed by atoms with Crippen molar-refractivity contribution in [3.8, 4) is 12.8 Å². The van der Waals surface area contributed by atoms with Gasteiger partial charge in [-0.15, -0.1) is 12.8 Å². The fraction of sp³-hybridized carbons (Fsp3) is 0.423. The van der Waals surface area contributed by atoms with Gasteiger partial charge < -0.3 is 16.8 Å². The molecule has 3 aliphatic rings. The van der Waals surface area contributed by atoms with Gasteiger partial charge in [-0.2, -0.15) is 13.2 Å². The molecule has 1 fully saturated rings. The number of terminal acetylenes is 1. The molecule has 3 aliphatic carbocycles. The average Bonchev–Trinajstić information content (AvgIpc) is 2.76. The number of anilines is 1. The Morgan fingerprint density at radius 3 is 2.35 bits per heavy atom. The monoisotopic (exact) mass is 477 g/mol. The lowest BCUT2D eigenvalue weighted by Gasteiger charge is -2.48. The van der Waals surface area contributed by atoms with Crippen molar-refractivity contribution < 1.29 is 22.4 Å². The number of nitrogens with two attached hydrogens (primary N) is 2. The van der Waals surface area contributed by atoms with Gasteiger partial charge >= 0.3 is 6.18 Å². The largest absolute Gasteiger partial charge is 0.400 e. The van der Waals surface area contributed by atoms with Crippen molar-refractivity contribution >= 4 is 11.6 Å².